The number of aryl methyl sites for hydroxylation is 3. The summed E-state index contributed by atoms with van der Waals surface area (Å²) in [7, 11) is 1.85. The van der Waals surface area contributed by atoms with E-state index in [0.29, 0.717) is 5.39 Å². The monoisotopic (exact) mass is 388 g/mol. The summed E-state index contributed by atoms with van der Waals surface area (Å²) in [4.78, 5) is 0. The molecule has 0 aliphatic heterocycles. The Labute approximate surface area is 161 Å². The number of pyridine rings is 1. The van der Waals surface area contributed by atoms with Crippen molar-refractivity contribution in [3.63, 3.8) is 0 Å². The molecule has 2 aromatic carbocycles. The van der Waals surface area contributed by atoms with Crippen LogP contribution in [0.25, 0.3) is 22.0 Å². The van der Waals surface area contributed by atoms with Crippen molar-refractivity contribution in [1.29, 1.82) is 0 Å². The normalized spacial score (nSPS) is 17.6. The second-order valence-electron chi connectivity index (χ2n) is 7.89. The maximum absolute atomic E-state index is 14.8. The average Bonchev–Trinajstić information content (AvgIpc) is 2.61. The first kappa shape index (κ1) is 18.9. The van der Waals surface area contributed by atoms with E-state index in [0.717, 1.165) is 27.9 Å². The summed E-state index contributed by atoms with van der Waals surface area (Å²) >= 11 is 0. The van der Waals surface area contributed by atoms with Crippen molar-refractivity contribution >= 4 is 10.8 Å². The molecule has 146 valence electrons. The lowest BCUT2D eigenvalue weighted by Gasteiger charge is -2.32. The highest BCUT2D eigenvalue weighted by Gasteiger charge is 2.50. The lowest BCUT2D eigenvalue weighted by atomic mass is 9.82. The first-order chi connectivity index (χ1) is 13.0. The zero-order chi connectivity index (χ0) is 20.4. The fraction of sp³-hybridized carbons (Fsp3) is 0.348. The Hall–Kier alpha value is -2.43. The topological polar surface area (TPSA) is 3.88 Å². The third kappa shape index (κ3) is 2.71. The molecular weight excluding hydrogens is 366 g/mol. The highest BCUT2D eigenvalue weighted by atomic mass is 19.3. The maximum atomic E-state index is 14.8. The minimum Gasteiger partial charge on any atom is -0.201 e. The van der Waals surface area contributed by atoms with Crippen LogP contribution in [0.15, 0.2) is 36.5 Å². The van der Waals surface area contributed by atoms with Crippen molar-refractivity contribution < 1.29 is 22.1 Å². The summed E-state index contributed by atoms with van der Waals surface area (Å²) in [5.41, 5.74) is 3.82. The van der Waals surface area contributed by atoms with E-state index >= 15 is 0 Å². The van der Waals surface area contributed by atoms with Gasteiger partial charge in [-0.25, -0.2) is 22.1 Å². The number of hydrogen-bond acceptors (Lipinski definition) is 0. The molecule has 0 bridgehead atoms. The van der Waals surface area contributed by atoms with Crippen LogP contribution in [0.3, 0.4) is 0 Å². The summed E-state index contributed by atoms with van der Waals surface area (Å²) in [5, 5.41) is 0.766. The van der Waals surface area contributed by atoms with Crippen LogP contribution in [-0.2, 0) is 18.9 Å². The summed E-state index contributed by atoms with van der Waals surface area (Å²) < 4.78 is 60.2. The number of fused-ring (bicyclic) bond motifs is 3. The molecule has 0 saturated heterocycles. The molecule has 1 nitrogen and oxygen atoms in total. The summed E-state index contributed by atoms with van der Waals surface area (Å²) in [6.07, 6.45) is 0.00505. The number of rotatable bonds is 1. The van der Waals surface area contributed by atoms with Crippen molar-refractivity contribution in [2.45, 2.75) is 45.5 Å². The van der Waals surface area contributed by atoms with Crippen LogP contribution in [-0.4, -0.2) is 0 Å². The fourth-order valence-electron chi connectivity index (χ4n) is 4.34. The van der Waals surface area contributed by atoms with Gasteiger partial charge < -0.3 is 0 Å². The molecule has 0 spiro atoms. The molecule has 0 saturated carbocycles. The van der Waals surface area contributed by atoms with Crippen LogP contribution < -0.4 is 4.57 Å². The van der Waals surface area contributed by atoms with Crippen molar-refractivity contribution in [3.8, 4) is 11.3 Å². The Kier molecular flexibility index (Phi) is 4.07. The molecule has 0 radical (unpaired) electrons. The Morgan fingerprint density at radius 1 is 0.857 bits per heavy atom. The van der Waals surface area contributed by atoms with Crippen LogP contribution in [0.1, 0.15) is 40.7 Å². The number of halogens is 4. The molecule has 0 unspecified atom stereocenters. The van der Waals surface area contributed by atoms with E-state index < -0.39 is 35.8 Å². The molecular formula is C23H22F4N+. The molecule has 0 amide bonds. The van der Waals surface area contributed by atoms with E-state index in [4.69, 9.17) is 0 Å². The minimum absolute atomic E-state index is 0.202. The molecule has 1 aromatic heterocycles. The van der Waals surface area contributed by atoms with Crippen molar-refractivity contribution in [2.24, 2.45) is 7.05 Å². The largest absolute Gasteiger partial charge is 0.274 e. The molecule has 0 N–H and O–H groups in total. The van der Waals surface area contributed by atoms with Gasteiger partial charge in [-0.3, -0.25) is 0 Å². The Bertz CT molecular complexity index is 1120. The highest BCUT2D eigenvalue weighted by molar-refractivity contribution is 5.97. The molecule has 1 aliphatic rings. The van der Waals surface area contributed by atoms with Gasteiger partial charge in [-0.1, -0.05) is 17.7 Å². The van der Waals surface area contributed by atoms with Gasteiger partial charge in [-0.2, -0.15) is 0 Å². The van der Waals surface area contributed by atoms with Crippen LogP contribution in [0.2, 0.25) is 0 Å². The van der Waals surface area contributed by atoms with E-state index in [1.807, 2.05) is 38.5 Å². The molecule has 28 heavy (non-hydrogen) atoms. The van der Waals surface area contributed by atoms with Crippen molar-refractivity contribution in [1.82, 2.24) is 0 Å². The van der Waals surface area contributed by atoms with Crippen LogP contribution in [0.4, 0.5) is 17.6 Å². The number of alkyl halides is 4. The zero-order valence-corrected chi connectivity index (χ0v) is 16.3. The van der Waals surface area contributed by atoms with Gasteiger partial charge in [0.05, 0.1) is 10.9 Å². The SMILES string of the molecule is Cc1cc(C)c(C)c(-c2c3ccc4c(c3cc[n+]2C)C(F)(F)CCC4(F)F)c1. The van der Waals surface area contributed by atoms with E-state index in [9.17, 15) is 17.6 Å². The molecule has 1 aliphatic carbocycles. The third-order valence-electron chi connectivity index (χ3n) is 5.90. The lowest BCUT2D eigenvalue weighted by Crippen LogP contribution is -2.33. The molecule has 0 atom stereocenters. The zero-order valence-electron chi connectivity index (χ0n) is 16.3. The first-order valence-electron chi connectivity index (χ1n) is 9.33. The molecule has 3 aromatic rings. The second kappa shape index (κ2) is 6.03. The van der Waals surface area contributed by atoms with Gasteiger partial charge in [0.2, 0.25) is 5.69 Å². The minimum atomic E-state index is -3.27. The molecule has 4 rings (SSSR count). The Balaban J connectivity index is 2.13. The van der Waals surface area contributed by atoms with Gasteiger partial charge in [0, 0.05) is 35.4 Å². The van der Waals surface area contributed by atoms with Crippen molar-refractivity contribution in [3.05, 3.63) is 64.3 Å². The van der Waals surface area contributed by atoms with E-state index in [1.165, 1.54) is 12.1 Å². The summed E-state index contributed by atoms with van der Waals surface area (Å²) in [5.74, 6) is -6.51. The predicted molar refractivity (Wildman–Crippen MR) is 102 cm³/mol. The quantitative estimate of drug-likeness (QED) is 0.343. The second-order valence-corrected chi connectivity index (χ2v) is 7.89. The fourth-order valence-corrected chi connectivity index (χ4v) is 4.34. The molecule has 1 heterocycles. The van der Waals surface area contributed by atoms with Gasteiger partial charge in [0.15, 0.2) is 6.20 Å². The van der Waals surface area contributed by atoms with Gasteiger partial charge in [-0.15, -0.1) is 0 Å². The predicted octanol–water partition coefficient (Wildman–Crippen LogP) is 6.23. The van der Waals surface area contributed by atoms with Gasteiger partial charge in [0.25, 0.3) is 11.8 Å². The Morgan fingerprint density at radius 2 is 1.54 bits per heavy atom. The van der Waals surface area contributed by atoms with Gasteiger partial charge in [0.1, 0.15) is 7.05 Å². The molecule has 0 fully saturated rings. The van der Waals surface area contributed by atoms with Gasteiger partial charge in [-0.05, 0) is 44.0 Å². The van der Waals surface area contributed by atoms with Crippen molar-refractivity contribution in [2.75, 3.05) is 0 Å². The van der Waals surface area contributed by atoms with E-state index in [2.05, 4.69) is 6.07 Å². The highest BCUT2D eigenvalue weighted by Crippen LogP contribution is 2.52. The van der Waals surface area contributed by atoms with Crippen LogP contribution in [0.5, 0.6) is 0 Å². The number of hydrogen-bond donors (Lipinski definition) is 0. The Morgan fingerprint density at radius 3 is 2.25 bits per heavy atom. The number of benzene rings is 2. The van der Waals surface area contributed by atoms with Crippen LogP contribution in [0, 0.1) is 20.8 Å². The van der Waals surface area contributed by atoms with E-state index in [-0.39, 0.29) is 5.39 Å². The first-order valence-corrected chi connectivity index (χ1v) is 9.33. The summed E-state index contributed by atoms with van der Waals surface area (Å²) in [6, 6.07) is 8.37. The van der Waals surface area contributed by atoms with Gasteiger partial charge >= 0.3 is 0 Å². The average molecular weight is 388 g/mol. The standard InChI is InChI=1S/C23H22F4N/c1-13-11-14(2)15(3)18(12-13)21-17-5-6-19-20(16(17)7-10-28(21)4)23(26,27)9-8-22(19,24)25/h5-7,10-12H,8-9H2,1-4H3/q+1. The smallest absolute Gasteiger partial charge is 0.201 e. The van der Waals surface area contributed by atoms with Crippen LogP contribution >= 0.6 is 0 Å². The lowest BCUT2D eigenvalue weighted by molar-refractivity contribution is -0.659. The number of aromatic nitrogens is 1. The third-order valence-corrected chi connectivity index (χ3v) is 5.90. The molecule has 5 heteroatoms. The summed E-state index contributed by atoms with van der Waals surface area (Å²) in [6.45, 7) is 5.98. The maximum Gasteiger partial charge on any atom is 0.274 e. The number of nitrogens with zero attached hydrogens (tertiary/aromatic N) is 1. The van der Waals surface area contributed by atoms with E-state index in [1.54, 1.807) is 12.3 Å².